The van der Waals surface area contributed by atoms with E-state index in [1.807, 2.05) is 6.92 Å². The Kier molecular flexibility index (Phi) is 4.83. The molecule has 1 N–H and O–H groups in total. The van der Waals surface area contributed by atoms with Gasteiger partial charge in [-0.05, 0) is 50.4 Å². The summed E-state index contributed by atoms with van der Waals surface area (Å²) in [6.07, 6.45) is 3.00. The maximum atomic E-state index is 13.7. The molecule has 1 aliphatic rings. The largest absolute Gasteiger partial charge is 0.494 e. The van der Waals surface area contributed by atoms with Crippen molar-refractivity contribution >= 4 is 5.91 Å². The third-order valence-electron chi connectivity index (χ3n) is 4.07. The molecule has 0 saturated carbocycles. The Labute approximate surface area is 125 Å². The molecule has 0 aromatic heterocycles. The van der Waals surface area contributed by atoms with Crippen LogP contribution in [-0.2, 0) is 11.3 Å². The van der Waals surface area contributed by atoms with Gasteiger partial charge in [0.1, 0.15) is 0 Å². The molecule has 0 radical (unpaired) electrons. The number of benzene rings is 1. The molecule has 1 unspecified atom stereocenters. The Hall–Kier alpha value is -1.62. The highest BCUT2D eigenvalue weighted by Gasteiger charge is 2.36. The van der Waals surface area contributed by atoms with E-state index in [1.165, 1.54) is 13.2 Å². The van der Waals surface area contributed by atoms with Crippen molar-refractivity contribution < 1.29 is 13.9 Å². The number of hydrogen-bond acceptors (Lipinski definition) is 3. The highest BCUT2D eigenvalue weighted by atomic mass is 19.1. The van der Waals surface area contributed by atoms with Crippen molar-refractivity contribution in [1.29, 1.82) is 0 Å². The number of halogens is 1. The normalized spacial score (nSPS) is 21.9. The Balaban J connectivity index is 2.05. The van der Waals surface area contributed by atoms with Crippen molar-refractivity contribution in [2.45, 2.75) is 38.3 Å². The summed E-state index contributed by atoms with van der Waals surface area (Å²) >= 11 is 0. The van der Waals surface area contributed by atoms with Crippen molar-refractivity contribution in [3.63, 3.8) is 0 Å². The van der Waals surface area contributed by atoms with E-state index in [9.17, 15) is 9.18 Å². The molecule has 21 heavy (non-hydrogen) atoms. The van der Waals surface area contributed by atoms with Gasteiger partial charge in [0.05, 0.1) is 12.6 Å². The van der Waals surface area contributed by atoms with Gasteiger partial charge in [-0.1, -0.05) is 6.07 Å². The van der Waals surface area contributed by atoms with Crippen molar-refractivity contribution in [2.24, 2.45) is 0 Å². The second kappa shape index (κ2) is 6.43. The Morgan fingerprint density at radius 1 is 1.48 bits per heavy atom. The first-order chi connectivity index (χ1) is 9.96. The quantitative estimate of drug-likeness (QED) is 0.926. The monoisotopic (exact) mass is 294 g/mol. The van der Waals surface area contributed by atoms with Gasteiger partial charge in [-0.3, -0.25) is 4.79 Å². The SMILES string of the molecule is COc1ccc(CN(C)C(=O)C2(C)CCCCN2)cc1F. The number of carbonyl (C=O) groups excluding carboxylic acids is 1. The van der Waals surface area contributed by atoms with Crippen LogP contribution in [0, 0.1) is 5.82 Å². The summed E-state index contributed by atoms with van der Waals surface area (Å²) in [6.45, 7) is 3.20. The molecule has 2 rings (SSSR count). The van der Waals surface area contributed by atoms with E-state index in [-0.39, 0.29) is 11.7 Å². The van der Waals surface area contributed by atoms with Crippen LogP contribution < -0.4 is 10.1 Å². The Morgan fingerprint density at radius 3 is 2.81 bits per heavy atom. The van der Waals surface area contributed by atoms with E-state index in [0.29, 0.717) is 6.54 Å². The van der Waals surface area contributed by atoms with E-state index >= 15 is 0 Å². The van der Waals surface area contributed by atoms with Crippen molar-refractivity contribution in [2.75, 3.05) is 20.7 Å². The zero-order chi connectivity index (χ0) is 15.5. The second-order valence-corrected chi connectivity index (χ2v) is 5.85. The molecule has 5 heteroatoms. The molecule has 116 valence electrons. The third kappa shape index (κ3) is 3.53. The summed E-state index contributed by atoms with van der Waals surface area (Å²) < 4.78 is 18.6. The third-order valence-corrected chi connectivity index (χ3v) is 4.07. The summed E-state index contributed by atoms with van der Waals surface area (Å²) in [6, 6.07) is 4.78. The molecular formula is C16H23FN2O2. The number of piperidine rings is 1. The van der Waals surface area contributed by atoms with Gasteiger partial charge in [-0.25, -0.2) is 4.39 Å². The van der Waals surface area contributed by atoms with Gasteiger partial charge in [-0.2, -0.15) is 0 Å². The average Bonchev–Trinajstić information content (AvgIpc) is 2.47. The molecule has 4 nitrogen and oxygen atoms in total. The minimum Gasteiger partial charge on any atom is -0.494 e. The molecule has 0 spiro atoms. The van der Waals surface area contributed by atoms with Crippen LogP contribution in [0.1, 0.15) is 31.7 Å². The number of amides is 1. The Bertz CT molecular complexity index is 513. The van der Waals surface area contributed by atoms with E-state index in [4.69, 9.17) is 4.74 Å². The topological polar surface area (TPSA) is 41.6 Å². The molecule has 1 saturated heterocycles. The lowest BCUT2D eigenvalue weighted by Gasteiger charge is -2.36. The predicted octanol–water partition coefficient (Wildman–Crippen LogP) is 2.32. The van der Waals surface area contributed by atoms with E-state index in [2.05, 4.69) is 5.32 Å². The number of methoxy groups -OCH3 is 1. The summed E-state index contributed by atoms with van der Waals surface area (Å²) in [4.78, 5) is 14.2. The second-order valence-electron chi connectivity index (χ2n) is 5.85. The van der Waals surface area contributed by atoms with E-state index < -0.39 is 11.4 Å². The molecule has 1 aromatic rings. The summed E-state index contributed by atoms with van der Waals surface area (Å²) in [7, 11) is 3.19. The summed E-state index contributed by atoms with van der Waals surface area (Å²) in [5.41, 5.74) is 0.251. The van der Waals surface area contributed by atoms with Crippen LogP contribution in [0.4, 0.5) is 4.39 Å². The number of carbonyl (C=O) groups is 1. The first-order valence-corrected chi connectivity index (χ1v) is 7.29. The van der Waals surface area contributed by atoms with Gasteiger partial charge in [0.2, 0.25) is 5.91 Å². The molecular weight excluding hydrogens is 271 g/mol. The van der Waals surface area contributed by atoms with Gasteiger partial charge in [-0.15, -0.1) is 0 Å². The number of rotatable bonds is 4. The van der Waals surface area contributed by atoms with Crippen molar-refractivity contribution in [3.05, 3.63) is 29.6 Å². The molecule has 1 atom stereocenters. The highest BCUT2D eigenvalue weighted by Crippen LogP contribution is 2.23. The maximum absolute atomic E-state index is 13.7. The number of nitrogens with one attached hydrogen (secondary N) is 1. The lowest BCUT2D eigenvalue weighted by Crippen LogP contribution is -2.57. The van der Waals surface area contributed by atoms with Gasteiger partial charge < -0.3 is 15.0 Å². The van der Waals surface area contributed by atoms with Crippen molar-refractivity contribution in [3.8, 4) is 5.75 Å². The van der Waals surface area contributed by atoms with Crippen LogP contribution in [-0.4, -0.2) is 37.0 Å². The maximum Gasteiger partial charge on any atom is 0.242 e. The zero-order valence-corrected chi connectivity index (χ0v) is 12.9. The molecule has 1 amide bonds. The predicted molar refractivity (Wildman–Crippen MR) is 79.7 cm³/mol. The van der Waals surface area contributed by atoms with Crippen LogP contribution in [0.3, 0.4) is 0 Å². The first-order valence-electron chi connectivity index (χ1n) is 7.29. The summed E-state index contributed by atoms with van der Waals surface area (Å²) in [5, 5.41) is 3.31. The van der Waals surface area contributed by atoms with E-state index in [1.54, 1.807) is 24.1 Å². The van der Waals surface area contributed by atoms with Crippen LogP contribution in [0.15, 0.2) is 18.2 Å². The van der Waals surface area contributed by atoms with Crippen molar-refractivity contribution in [1.82, 2.24) is 10.2 Å². The molecule has 1 fully saturated rings. The van der Waals surface area contributed by atoms with Gasteiger partial charge in [0, 0.05) is 13.6 Å². The van der Waals surface area contributed by atoms with Gasteiger partial charge in [0.25, 0.3) is 0 Å². The molecule has 1 heterocycles. The fourth-order valence-corrected chi connectivity index (χ4v) is 2.81. The molecule has 1 aromatic carbocycles. The first kappa shape index (κ1) is 15.8. The van der Waals surface area contributed by atoms with E-state index in [0.717, 1.165) is 31.4 Å². The van der Waals surface area contributed by atoms with Crippen LogP contribution in [0.2, 0.25) is 0 Å². The summed E-state index contributed by atoms with van der Waals surface area (Å²) in [5.74, 6) is -0.134. The van der Waals surface area contributed by atoms with Crippen LogP contribution in [0.25, 0.3) is 0 Å². The lowest BCUT2D eigenvalue weighted by atomic mass is 9.89. The minimum absolute atomic E-state index is 0.0541. The smallest absolute Gasteiger partial charge is 0.242 e. The Morgan fingerprint density at radius 2 is 2.24 bits per heavy atom. The fraction of sp³-hybridized carbons (Fsp3) is 0.562. The zero-order valence-electron chi connectivity index (χ0n) is 12.9. The lowest BCUT2D eigenvalue weighted by molar-refractivity contribution is -0.137. The highest BCUT2D eigenvalue weighted by molar-refractivity contribution is 5.85. The fourth-order valence-electron chi connectivity index (χ4n) is 2.81. The van der Waals surface area contributed by atoms with Crippen LogP contribution in [0.5, 0.6) is 5.75 Å². The number of nitrogens with zero attached hydrogens (tertiary/aromatic N) is 1. The van der Waals surface area contributed by atoms with Gasteiger partial charge >= 0.3 is 0 Å². The average molecular weight is 294 g/mol. The molecule has 0 bridgehead atoms. The standard InChI is InChI=1S/C16H23FN2O2/c1-16(8-4-5-9-18-16)15(20)19(2)11-12-6-7-14(21-3)13(17)10-12/h6-7,10,18H,4-5,8-9,11H2,1-3H3. The number of ether oxygens (including phenoxy) is 1. The number of likely N-dealkylation sites (N-methyl/N-ethyl adjacent to an activating group) is 1. The number of hydrogen-bond donors (Lipinski definition) is 1. The van der Waals surface area contributed by atoms with Gasteiger partial charge in [0.15, 0.2) is 11.6 Å². The minimum atomic E-state index is -0.502. The van der Waals surface area contributed by atoms with Crippen LogP contribution >= 0.6 is 0 Å². The molecule has 0 aliphatic carbocycles. The molecule has 1 aliphatic heterocycles.